The minimum atomic E-state index is 0.172. The normalized spacial score (nSPS) is 22.9. The van der Waals surface area contributed by atoms with E-state index in [9.17, 15) is 4.79 Å². The number of hydrogen-bond donors (Lipinski definition) is 0. The topological polar surface area (TPSA) is 45.3 Å². The number of carbonyl (C=O) groups excluding carboxylic acids is 1. The van der Waals surface area contributed by atoms with Gasteiger partial charge in [-0.1, -0.05) is 11.6 Å². The molecule has 28 heavy (non-hydrogen) atoms. The van der Waals surface area contributed by atoms with Gasteiger partial charge < -0.3 is 14.4 Å². The summed E-state index contributed by atoms with van der Waals surface area (Å²) < 4.78 is 10.9. The van der Waals surface area contributed by atoms with Crippen molar-refractivity contribution in [3.8, 4) is 11.5 Å². The van der Waals surface area contributed by atoms with Gasteiger partial charge in [0.25, 0.3) is 0 Å². The molecule has 0 radical (unpaired) electrons. The monoisotopic (exact) mass is 385 g/mol. The van der Waals surface area contributed by atoms with Gasteiger partial charge in [0.2, 0.25) is 12.7 Å². The number of allylic oxidation sites excluding steroid dienone is 1. The first-order valence-electron chi connectivity index (χ1n) is 10.4. The Bertz CT molecular complexity index is 737. The first-order chi connectivity index (χ1) is 13.6. The van der Waals surface area contributed by atoms with Crippen LogP contribution < -0.4 is 9.47 Å². The van der Waals surface area contributed by atoms with Crippen molar-refractivity contribution in [1.29, 1.82) is 0 Å². The zero-order chi connectivity index (χ0) is 19.5. The molecule has 0 aromatic heterocycles. The molecule has 2 saturated heterocycles. The molecule has 152 valence electrons. The summed E-state index contributed by atoms with van der Waals surface area (Å²) in [6.45, 7) is 11.3. The Kier molecular flexibility index (Phi) is 5.87. The highest BCUT2D eigenvalue weighted by molar-refractivity contribution is 5.88. The Morgan fingerprint density at radius 1 is 1.11 bits per heavy atom. The van der Waals surface area contributed by atoms with Crippen molar-refractivity contribution in [3.63, 3.8) is 0 Å². The van der Waals surface area contributed by atoms with Crippen LogP contribution in [0.1, 0.15) is 32.3 Å². The average molecular weight is 386 g/mol. The molecule has 3 aliphatic rings. The van der Waals surface area contributed by atoms with E-state index in [0.717, 1.165) is 69.3 Å². The molecule has 3 heterocycles. The summed E-state index contributed by atoms with van der Waals surface area (Å²) in [7, 11) is 0. The van der Waals surface area contributed by atoms with E-state index in [-0.39, 0.29) is 5.91 Å². The van der Waals surface area contributed by atoms with Crippen molar-refractivity contribution in [2.45, 2.75) is 39.3 Å². The number of piperidine rings is 1. The summed E-state index contributed by atoms with van der Waals surface area (Å²) in [6.07, 6.45) is 4.07. The van der Waals surface area contributed by atoms with E-state index in [1.807, 2.05) is 24.8 Å². The van der Waals surface area contributed by atoms with Crippen LogP contribution in [0, 0.1) is 0 Å². The molecule has 6 nitrogen and oxygen atoms in total. The number of nitrogens with zero attached hydrogens (tertiary/aromatic N) is 3. The van der Waals surface area contributed by atoms with Gasteiger partial charge in [-0.25, -0.2) is 0 Å². The Balaban J connectivity index is 1.28. The van der Waals surface area contributed by atoms with Gasteiger partial charge in [-0.2, -0.15) is 0 Å². The van der Waals surface area contributed by atoms with Crippen LogP contribution in [-0.4, -0.2) is 72.7 Å². The van der Waals surface area contributed by atoms with E-state index in [4.69, 9.17) is 9.47 Å². The minimum absolute atomic E-state index is 0.172. The van der Waals surface area contributed by atoms with E-state index in [2.05, 4.69) is 21.9 Å². The first kappa shape index (κ1) is 19.3. The van der Waals surface area contributed by atoms with Crippen LogP contribution in [0.3, 0.4) is 0 Å². The molecular weight excluding hydrogens is 354 g/mol. The summed E-state index contributed by atoms with van der Waals surface area (Å²) in [5, 5.41) is 0. The maximum Gasteiger partial charge on any atom is 0.246 e. The zero-order valence-electron chi connectivity index (χ0n) is 17.0. The van der Waals surface area contributed by atoms with Gasteiger partial charge in [0.05, 0.1) is 0 Å². The Morgan fingerprint density at radius 2 is 1.89 bits per heavy atom. The molecule has 0 N–H and O–H groups in total. The van der Waals surface area contributed by atoms with Crippen LogP contribution in [0.5, 0.6) is 11.5 Å². The molecule has 1 unspecified atom stereocenters. The van der Waals surface area contributed by atoms with Crippen LogP contribution in [-0.2, 0) is 11.3 Å². The summed E-state index contributed by atoms with van der Waals surface area (Å²) in [5.41, 5.74) is 2.35. The van der Waals surface area contributed by atoms with Crippen molar-refractivity contribution >= 4 is 5.91 Å². The van der Waals surface area contributed by atoms with Gasteiger partial charge in [0.1, 0.15) is 0 Å². The molecule has 1 aromatic rings. The molecule has 6 heteroatoms. The maximum atomic E-state index is 12.4. The van der Waals surface area contributed by atoms with Gasteiger partial charge in [-0.3, -0.25) is 14.6 Å². The van der Waals surface area contributed by atoms with E-state index in [1.165, 1.54) is 12.0 Å². The van der Waals surface area contributed by atoms with Crippen molar-refractivity contribution in [2.24, 2.45) is 0 Å². The molecule has 1 atom stereocenters. The van der Waals surface area contributed by atoms with E-state index < -0.39 is 0 Å². The maximum absolute atomic E-state index is 12.4. The number of likely N-dealkylation sites (tertiary alicyclic amines) is 1. The van der Waals surface area contributed by atoms with Gasteiger partial charge in [-0.15, -0.1) is 0 Å². The Hall–Kier alpha value is -2.05. The summed E-state index contributed by atoms with van der Waals surface area (Å²) >= 11 is 0. The number of benzene rings is 1. The number of amides is 1. The number of carbonyl (C=O) groups is 1. The lowest BCUT2D eigenvalue weighted by atomic mass is 10.0. The van der Waals surface area contributed by atoms with E-state index in [1.54, 1.807) is 6.08 Å². The largest absolute Gasteiger partial charge is 0.454 e. The van der Waals surface area contributed by atoms with Gasteiger partial charge in [-0.05, 0) is 44.4 Å². The smallest absolute Gasteiger partial charge is 0.246 e. The third-order valence-corrected chi connectivity index (χ3v) is 5.89. The fourth-order valence-electron chi connectivity index (χ4n) is 4.38. The molecule has 3 aliphatic heterocycles. The Labute approximate surface area is 167 Å². The zero-order valence-corrected chi connectivity index (χ0v) is 17.0. The summed E-state index contributed by atoms with van der Waals surface area (Å²) in [5.74, 6) is 1.88. The highest BCUT2D eigenvalue weighted by Crippen LogP contribution is 2.33. The van der Waals surface area contributed by atoms with Gasteiger partial charge >= 0.3 is 0 Å². The molecule has 0 aliphatic carbocycles. The molecule has 0 saturated carbocycles. The summed E-state index contributed by atoms with van der Waals surface area (Å²) in [4.78, 5) is 19.5. The fraction of sp³-hybridized carbons (Fsp3) is 0.591. The molecule has 1 aromatic carbocycles. The van der Waals surface area contributed by atoms with Gasteiger partial charge in [0.15, 0.2) is 11.5 Å². The SMILES string of the molecule is CC(C)=CC(=O)N1CCCC(N2CCN(Cc3ccc4c(c3)OCO4)CC2)C1. The van der Waals surface area contributed by atoms with Crippen LogP contribution in [0.15, 0.2) is 29.8 Å². The lowest BCUT2D eigenvalue weighted by molar-refractivity contribution is -0.128. The van der Waals surface area contributed by atoms with Crippen LogP contribution in [0.2, 0.25) is 0 Å². The highest BCUT2D eigenvalue weighted by atomic mass is 16.7. The molecule has 0 spiro atoms. The van der Waals surface area contributed by atoms with Crippen molar-refractivity contribution in [3.05, 3.63) is 35.4 Å². The lowest BCUT2D eigenvalue weighted by Gasteiger charge is -2.43. The van der Waals surface area contributed by atoms with Gasteiger partial charge in [0, 0.05) is 57.9 Å². The third-order valence-electron chi connectivity index (χ3n) is 5.89. The predicted octanol–water partition coefficient (Wildman–Crippen LogP) is 2.49. The highest BCUT2D eigenvalue weighted by Gasteiger charge is 2.29. The summed E-state index contributed by atoms with van der Waals surface area (Å²) in [6, 6.07) is 6.74. The molecule has 4 rings (SSSR count). The number of rotatable bonds is 4. The molecule has 0 bridgehead atoms. The second kappa shape index (κ2) is 8.53. The van der Waals surface area contributed by atoms with Crippen molar-refractivity contribution < 1.29 is 14.3 Å². The first-order valence-corrected chi connectivity index (χ1v) is 10.4. The predicted molar refractivity (Wildman–Crippen MR) is 108 cm³/mol. The van der Waals surface area contributed by atoms with Crippen LogP contribution in [0.25, 0.3) is 0 Å². The van der Waals surface area contributed by atoms with Crippen molar-refractivity contribution in [2.75, 3.05) is 46.1 Å². The number of hydrogen-bond acceptors (Lipinski definition) is 5. The average Bonchev–Trinajstić information content (AvgIpc) is 3.16. The second-order valence-corrected chi connectivity index (χ2v) is 8.30. The number of fused-ring (bicyclic) bond motifs is 1. The minimum Gasteiger partial charge on any atom is -0.454 e. The third kappa shape index (κ3) is 4.50. The standard InChI is InChI=1S/C22H31N3O3/c1-17(2)12-22(26)25-7-3-4-19(15-25)24-10-8-23(9-11-24)14-18-5-6-20-21(13-18)28-16-27-20/h5-6,12-13,19H,3-4,7-11,14-16H2,1-2H3. The molecular formula is C22H31N3O3. The quantitative estimate of drug-likeness (QED) is 0.745. The van der Waals surface area contributed by atoms with Crippen molar-refractivity contribution in [1.82, 2.24) is 14.7 Å². The molecule has 2 fully saturated rings. The number of ether oxygens (including phenoxy) is 2. The van der Waals surface area contributed by atoms with E-state index >= 15 is 0 Å². The fourth-order valence-corrected chi connectivity index (χ4v) is 4.38. The van der Waals surface area contributed by atoms with Crippen LogP contribution >= 0.6 is 0 Å². The Morgan fingerprint density at radius 3 is 2.68 bits per heavy atom. The van der Waals surface area contributed by atoms with Crippen LogP contribution in [0.4, 0.5) is 0 Å². The second-order valence-electron chi connectivity index (χ2n) is 8.30. The number of piperazine rings is 1. The lowest BCUT2D eigenvalue weighted by Crippen LogP contribution is -2.55. The van der Waals surface area contributed by atoms with E-state index in [0.29, 0.717) is 12.8 Å². The molecule has 1 amide bonds.